The van der Waals surface area contributed by atoms with Gasteiger partial charge in [0.25, 0.3) is 0 Å². The lowest BCUT2D eigenvalue weighted by molar-refractivity contribution is 0.638. The molecule has 0 saturated carbocycles. The molecule has 0 fully saturated rings. The molecular weight excluding hydrogens is 249 g/mol. The zero-order valence-electron chi connectivity index (χ0n) is 9.02. The molecule has 4 heteroatoms. The third-order valence-corrected chi connectivity index (χ3v) is 4.15. The second-order valence-corrected chi connectivity index (χ2v) is 5.44. The summed E-state index contributed by atoms with van der Waals surface area (Å²) < 4.78 is 0. The molecule has 1 nitrogen and oxygen atoms in total. The summed E-state index contributed by atoms with van der Waals surface area (Å²) in [6.07, 6.45) is 2.24. The monoisotopic (exact) mass is 263 g/mol. The first-order chi connectivity index (χ1) is 7.06. The van der Waals surface area contributed by atoms with Gasteiger partial charge in [-0.1, -0.05) is 43.6 Å². The van der Waals surface area contributed by atoms with Gasteiger partial charge in [-0.25, -0.2) is 4.99 Å². The summed E-state index contributed by atoms with van der Waals surface area (Å²) in [4.78, 5) is 5.11. The number of hydrogen-bond acceptors (Lipinski definition) is 2. The average molecular weight is 264 g/mol. The van der Waals surface area contributed by atoms with Gasteiger partial charge in [0.05, 0.1) is 0 Å². The minimum atomic E-state index is 0.239. The van der Waals surface area contributed by atoms with Crippen LogP contribution in [0.5, 0.6) is 0 Å². The van der Waals surface area contributed by atoms with Gasteiger partial charge in [-0.2, -0.15) is 0 Å². The van der Waals surface area contributed by atoms with Crippen LogP contribution in [0.1, 0.15) is 26.7 Å². The summed E-state index contributed by atoms with van der Waals surface area (Å²) in [5.74, 6) is 1.66. The summed E-state index contributed by atoms with van der Waals surface area (Å²) in [6.45, 7) is 7.93. The second kappa shape index (κ2) is 5.97. The lowest BCUT2D eigenvalue weighted by Crippen LogP contribution is -2.00. The van der Waals surface area contributed by atoms with E-state index in [9.17, 15) is 0 Å². The van der Waals surface area contributed by atoms with E-state index in [0.29, 0.717) is 11.1 Å². The Hall–Kier alpha value is 0.0800. The maximum Gasteiger partial charge on any atom is 0.144 e. The molecule has 1 aliphatic heterocycles. The van der Waals surface area contributed by atoms with Crippen LogP contribution in [0.3, 0.4) is 0 Å². The van der Waals surface area contributed by atoms with E-state index in [2.05, 4.69) is 25.4 Å². The Labute approximate surface area is 106 Å². The van der Waals surface area contributed by atoms with Crippen molar-refractivity contribution in [3.8, 4) is 0 Å². The molecule has 0 radical (unpaired) electrons. The fraction of sp³-hybridized carbons (Fsp3) is 0.545. The minimum Gasteiger partial charge on any atom is -0.224 e. The van der Waals surface area contributed by atoms with Crippen molar-refractivity contribution in [1.29, 1.82) is 0 Å². The van der Waals surface area contributed by atoms with Crippen molar-refractivity contribution in [2.75, 3.05) is 5.75 Å². The van der Waals surface area contributed by atoms with Gasteiger partial charge in [0.2, 0.25) is 0 Å². The SMILES string of the molecule is C=C(Cl)/N=C(/Cl)C1=C(C(C)CC)CCS1. The highest BCUT2D eigenvalue weighted by Gasteiger charge is 2.22. The van der Waals surface area contributed by atoms with E-state index in [1.807, 2.05) is 0 Å². The molecule has 0 N–H and O–H groups in total. The number of hydrogen-bond donors (Lipinski definition) is 0. The maximum absolute atomic E-state index is 6.10. The molecule has 1 heterocycles. The van der Waals surface area contributed by atoms with Gasteiger partial charge in [0, 0.05) is 10.7 Å². The van der Waals surface area contributed by atoms with Gasteiger partial charge in [-0.15, -0.1) is 11.8 Å². The number of halogens is 2. The molecule has 0 aliphatic carbocycles. The van der Waals surface area contributed by atoms with Crippen LogP contribution < -0.4 is 0 Å². The molecule has 0 aromatic heterocycles. The van der Waals surface area contributed by atoms with Gasteiger partial charge in [0.15, 0.2) is 0 Å². The summed E-state index contributed by atoms with van der Waals surface area (Å²) >= 11 is 13.5. The van der Waals surface area contributed by atoms with Crippen molar-refractivity contribution in [1.82, 2.24) is 0 Å². The van der Waals surface area contributed by atoms with Gasteiger partial charge >= 0.3 is 0 Å². The smallest absolute Gasteiger partial charge is 0.144 e. The van der Waals surface area contributed by atoms with Gasteiger partial charge < -0.3 is 0 Å². The highest BCUT2D eigenvalue weighted by molar-refractivity contribution is 8.04. The number of allylic oxidation sites excluding steroid dienone is 2. The molecule has 0 bridgehead atoms. The Morgan fingerprint density at radius 1 is 1.60 bits per heavy atom. The van der Waals surface area contributed by atoms with Crippen LogP contribution in [0.25, 0.3) is 0 Å². The maximum atomic E-state index is 6.10. The first kappa shape index (κ1) is 13.1. The Kier molecular flexibility index (Phi) is 5.24. The molecule has 1 rings (SSSR count). The van der Waals surface area contributed by atoms with Crippen molar-refractivity contribution in [2.24, 2.45) is 10.9 Å². The van der Waals surface area contributed by atoms with Crippen LogP contribution in [0.15, 0.2) is 27.2 Å². The van der Waals surface area contributed by atoms with Gasteiger partial charge in [0.1, 0.15) is 10.3 Å². The van der Waals surface area contributed by atoms with Gasteiger partial charge in [-0.3, -0.25) is 0 Å². The zero-order valence-corrected chi connectivity index (χ0v) is 11.3. The van der Waals surface area contributed by atoms with Crippen LogP contribution in [-0.4, -0.2) is 10.9 Å². The van der Waals surface area contributed by atoms with Gasteiger partial charge in [-0.05, 0) is 24.3 Å². The van der Waals surface area contributed by atoms with Crippen molar-refractivity contribution in [2.45, 2.75) is 26.7 Å². The van der Waals surface area contributed by atoms with Crippen molar-refractivity contribution in [3.63, 3.8) is 0 Å². The van der Waals surface area contributed by atoms with E-state index in [1.54, 1.807) is 11.8 Å². The standard InChI is InChI=1S/C11H15Cl2NS/c1-4-7(2)9-5-6-15-10(9)11(13)14-8(3)12/h7H,3-6H2,1-2H3/b14-11+. The highest BCUT2D eigenvalue weighted by atomic mass is 35.5. The normalized spacial score (nSPS) is 19.6. The van der Waals surface area contributed by atoms with Crippen molar-refractivity contribution >= 4 is 40.1 Å². The molecule has 1 unspecified atom stereocenters. The minimum absolute atomic E-state index is 0.239. The van der Waals surface area contributed by atoms with Crippen LogP contribution in [0.2, 0.25) is 0 Å². The van der Waals surface area contributed by atoms with E-state index in [0.717, 1.165) is 23.5 Å². The number of aliphatic imine (C=N–C) groups is 1. The van der Waals surface area contributed by atoms with E-state index >= 15 is 0 Å². The predicted octanol–water partition coefficient (Wildman–Crippen LogP) is 4.77. The summed E-state index contributed by atoms with van der Waals surface area (Å²) in [5, 5.41) is 0.733. The highest BCUT2D eigenvalue weighted by Crippen LogP contribution is 2.38. The molecule has 0 aromatic carbocycles. The molecule has 1 atom stereocenters. The van der Waals surface area contributed by atoms with E-state index < -0.39 is 0 Å². The van der Waals surface area contributed by atoms with Crippen molar-refractivity contribution < 1.29 is 0 Å². The van der Waals surface area contributed by atoms with E-state index in [4.69, 9.17) is 23.2 Å². The van der Waals surface area contributed by atoms with Crippen molar-refractivity contribution in [3.05, 3.63) is 22.2 Å². The Morgan fingerprint density at radius 2 is 2.27 bits per heavy atom. The molecule has 0 saturated heterocycles. The molecule has 84 valence electrons. The van der Waals surface area contributed by atoms with Crippen LogP contribution in [0.4, 0.5) is 0 Å². The first-order valence-electron chi connectivity index (χ1n) is 5.01. The largest absolute Gasteiger partial charge is 0.224 e. The number of nitrogens with zero attached hydrogens (tertiary/aromatic N) is 1. The molecule has 0 aromatic rings. The quantitative estimate of drug-likeness (QED) is 0.526. The molecule has 0 spiro atoms. The first-order valence-corrected chi connectivity index (χ1v) is 6.75. The third kappa shape index (κ3) is 3.54. The Morgan fingerprint density at radius 3 is 2.80 bits per heavy atom. The molecule has 15 heavy (non-hydrogen) atoms. The average Bonchev–Trinajstić information content (AvgIpc) is 2.63. The van der Waals surface area contributed by atoms with Crippen LogP contribution in [0, 0.1) is 5.92 Å². The fourth-order valence-electron chi connectivity index (χ4n) is 1.54. The zero-order chi connectivity index (χ0) is 11.4. The van der Waals surface area contributed by atoms with Crippen LogP contribution >= 0.6 is 35.0 Å². The lowest BCUT2D eigenvalue weighted by Gasteiger charge is -2.11. The van der Waals surface area contributed by atoms with E-state index in [1.165, 1.54) is 5.57 Å². The number of rotatable bonds is 4. The summed E-state index contributed by atoms with van der Waals surface area (Å²) in [5.41, 5.74) is 1.41. The van der Waals surface area contributed by atoms with Crippen LogP contribution in [-0.2, 0) is 0 Å². The predicted molar refractivity (Wildman–Crippen MR) is 71.8 cm³/mol. The Bertz CT molecular complexity index is 321. The summed E-state index contributed by atoms with van der Waals surface area (Å²) in [6, 6.07) is 0. The molecule has 1 aliphatic rings. The summed E-state index contributed by atoms with van der Waals surface area (Å²) in [7, 11) is 0. The molecule has 0 amide bonds. The topological polar surface area (TPSA) is 12.4 Å². The lowest BCUT2D eigenvalue weighted by atomic mass is 9.96. The Balaban J connectivity index is 2.95. The molecular formula is C11H15Cl2NS. The number of thioether (sulfide) groups is 1. The van der Waals surface area contributed by atoms with E-state index in [-0.39, 0.29) is 5.16 Å². The fourth-order valence-corrected chi connectivity index (χ4v) is 3.23. The second-order valence-electron chi connectivity index (χ2n) is 3.54. The third-order valence-electron chi connectivity index (χ3n) is 2.52.